The molecule has 0 saturated heterocycles. The van der Waals surface area contributed by atoms with Crippen molar-refractivity contribution in [3.63, 3.8) is 0 Å². The fourth-order valence-corrected chi connectivity index (χ4v) is 5.85. The summed E-state index contributed by atoms with van der Waals surface area (Å²) in [7, 11) is -3.35. The molecule has 2 aliphatic rings. The Morgan fingerprint density at radius 2 is 1.76 bits per heavy atom. The molecular weight excluding hydrogens is 488 g/mol. The standard InChI is InChI=1S/C27H22N6O3S/c28-14-23-22-10-7-20(36-27-24(15-29)30-11-12-31-27)13-25(22)33(16-17-1-2-17)26(23)18-3-5-19(6-4-18)32-37(34,35)21-8-9-21/h3-7,10-13,17,21,32H,1-2,8-9,16H2. The molecule has 0 spiro atoms. The Balaban J connectivity index is 1.41. The predicted octanol–water partition coefficient (Wildman–Crippen LogP) is 4.95. The molecule has 2 aromatic heterocycles. The number of ether oxygens (including phenoxy) is 1. The summed E-state index contributed by atoms with van der Waals surface area (Å²) in [6, 6.07) is 17.0. The third-order valence-electron chi connectivity index (χ3n) is 6.65. The molecule has 184 valence electrons. The first-order chi connectivity index (χ1) is 18.0. The van der Waals surface area contributed by atoms with Gasteiger partial charge in [0.2, 0.25) is 15.7 Å². The number of anilines is 1. The maximum absolute atomic E-state index is 12.3. The van der Waals surface area contributed by atoms with Crippen molar-refractivity contribution in [3.8, 4) is 35.0 Å². The van der Waals surface area contributed by atoms with E-state index in [1.807, 2.05) is 30.3 Å². The molecular formula is C27H22N6O3S. The van der Waals surface area contributed by atoms with Gasteiger partial charge in [0.25, 0.3) is 5.88 Å². The minimum Gasteiger partial charge on any atom is -0.436 e. The lowest BCUT2D eigenvalue weighted by atomic mass is 10.1. The molecule has 1 N–H and O–H groups in total. The van der Waals surface area contributed by atoms with E-state index in [1.165, 1.54) is 12.4 Å². The highest BCUT2D eigenvalue weighted by molar-refractivity contribution is 7.93. The summed E-state index contributed by atoms with van der Waals surface area (Å²) in [4.78, 5) is 8.12. The number of fused-ring (bicyclic) bond motifs is 1. The average Bonchev–Trinajstić information content (AvgIpc) is 3.82. The first kappa shape index (κ1) is 23.0. The SMILES string of the molecule is N#Cc1nccnc1Oc1ccc2c(C#N)c(-c3ccc(NS(=O)(=O)C4CC4)cc3)n(CC3CC3)c2c1. The molecule has 0 radical (unpaired) electrons. The second-order valence-electron chi connectivity index (χ2n) is 9.42. The second-order valence-corrected chi connectivity index (χ2v) is 11.4. The molecule has 2 fully saturated rings. The lowest BCUT2D eigenvalue weighted by Crippen LogP contribution is -2.17. The van der Waals surface area contributed by atoms with E-state index in [9.17, 15) is 18.9 Å². The number of nitrogens with zero attached hydrogens (tertiary/aromatic N) is 5. The molecule has 0 atom stereocenters. The summed E-state index contributed by atoms with van der Waals surface area (Å²) >= 11 is 0. The van der Waals surface area contributed by atoms with Crippen LogP contribution in [0.4, 0.5) is 5.69 Å². The predicted molar refractivity (Wildman–Crippen MR) is 137 cm³/mol. The molecule has 0 aliphatic heterocycles. The summed E-state index contributed by atoms with van der Waals surface area (Å²) in [6.07, 6.45) is 6.55. The van der Waals surface area contributed by atoms with Gasteiger partial charge in [-0.05, 0) is 61.4 Å². The zero-order chi connectivity index (χ0) is 25.6. The maximum atomic E-state index is 12.3. The monoisotopic (exact) mass is 510 g/mol. The van der Waals surface area contributed by atoms with E-state index in [1.54, 1.807) is 18.2 Å². The van der Waals surface area contributed by atoms with Gasteiger partial charge in [0, 0.05) is 36.1 Å². The van der Waals surface area contributed by atoms with Gasteiger partial charge in [0.15, 0.2) is 0 Å². The van der Waals surface area contributed by atoms with E-state index < -0.39 is 10.0 Å². The molecule has 9 nitrogen and oxygen atoms in total. The summed E-state index contributed by atoms with van der Waals surface area (Å²) in [5.41, 5.74) is 3.60. The molecule has 6 rings (SSSR count). The number of sulfonamides is 1. The zero-order valence-electron chi connectivity index (χ0n) is 19.8. The average molecular weight is 511 g/mol. The van der Waals surface area contributed by atoms with Crippen LogP contribution in [0.2, 0.25) is 0 Å². The molecule has 10 heteroatoms. The number of nitriles is 2. The highest BCUT2D eigenvalue weighted by atomic mass is 32.2. The Labute approximate surface area is 214 Å². The lowest BCUT2D eigenvalue weighted by Gasteiger charge is -2.13. The molecule has 37 heavy (non-hydrogen) atoms. The second kappa shape index (κ2) is 8.91. The van der Waals surface area contributed by atoms with Gasteiger partial charge in [-0.25, -0.2) is 18.4 Å². The van der Waals surface area contributed by atoms with Crippen molar-refractivity contribution < 1.29 is 13.2 Å². The van der Waals surface area contributed by atoms with Gasteiger partial charge in [-0.1, -0.05) is 12.1 Å². The van der Waals surface area contributed by atoms with E-state index in [2.05, 4.69) is 25.3 Å². The number of hydrogen-bond donors (Lipinski definition) is 1. The van der Waals surface area contributed by atoms with Crippen LogP contribution in [0.1, 0.15) is 36.9 Å². The van der Waals surface area contributed by atoms with Crippen molar-refractivity contribution >= 4 is 26.6 Å². The van der Waals surface area contributed by atoms with Crippen LogP contribution in [0.3, 0.4) is 0 Å². The topological polar surface area (TPSA) is 134 Å². The van der Waals surface area contributed by atoms with Crippen LogP contribution in [0, 0.1) is 28.6 Å². The molecule has 2 heterocycles. The van der Waals surface area contributed by atoms with Gasteiger partial charge in [-0.3, -0.25) is 4.72 Å². The van der Waals surface area contributed by atoms with E-state index >= 15 is 0 Å². The highest BCUT2D eigenvalue weighted by Gasteiger charge is 2.35. The minimum atomic E-state index is -3.35. The summed E-state index contributed by atoms with van der Waals surface area (Å²) in [5.74, 6) is 1.13. The van der Waals surface area contributed by atoms with E-state index in [-0.39, 0.29) is 16.8 Å². The molecule has 2 aliphatic carbocycles. The Kier molecular flexibility index (Phi) is 5.54. The van der Waals surface area contributed by atoms with E-state index in [4.69, 9.17) is 4.74 Å². The maximum Gasteiger partial charge on any atom is 0.256 e. The first-order valence-corrected chi connectivity index (χ1v) is 13.6. The first-order valence-electron chi connectivity index (χ1n) is 12.0. The number of nitrogens with one attached hydrogen (secondary N) is 1. The molecule has 0 unspecified atom stereocenters. The van der Waals surface area contributed by atoms with Gasteiger partial charge in [0.05, 0.1) is 22.0 Å². The smallest absolute Gasteiger partial charge is 0.256 e. The minimum absolute atomic E-state index is 0.0896. The molecule has 0 amide bonds. The Morgan fingerprint density at radius 3 is 2.43 bits per heavy atom. The quantitative estimate of drug-likeness (QED) is 0.354. The van der Waals surface area contributed by atoms with Crippen LogP contribution in [-0.2, 0) is 16.6 Å². The molecule has 0 bridgehead atoms. The highest BCUT2D eigenvalue weighted by Crippen LogP contribution is 2.40. The Hall–Kier alpha value is -4.41. The fraction of sp³-hybridized carbons (Fsp3) is 0.259. The summed E-state index contributed by atoms with van der Waals surface area (Å²) in [6.45, 7) is 0.752. The van der Waals surface area contributed by atoms with Crippen LogP contribution >= 0.6 is 0 Å². The molecule has 2 aromatic carbocycles. The summed E-state index contributed by atoms with van der Waals surface area (Å²) in [5, 5.41) is 20.0. The third-order valence-corrected chi connectivity index (χ3v) is 8.52. The number of benzene rings is 2. The van der Waals surface area contributed by atoms with Crippen molar-refractivity contribution in [2.24, 2.45) is 5.92 Å². The summed E-state index contributed by atoms with van der Waals surface area (Å²) < 4.78 is 35.4. The molecule has 2 saturated carbocycles. The van der Waals surface area contributed by atoms with Gasteiger partial charge < -0.3 is 9.30 Å². The van der Waals surface area contributed by atoms with Crippen LogP contribution in [-0.4, -0.2) is 28.2 Å². The molecule has 4 aromatic rings. The van der Waals surface area contributed by atoms with E-state index in [0.29, 0.717) is 35.8 Å². The van der Waals surface area contributed by atoms with Crippen LogP contribution < -0.4 is 9.46 Å². The number of hydrogen-bond acceptors (Lipinski definition) is 7. The van der Waals surface area contributed by atoms with Gasteiger partial charge >= 0.3 is 0 Å². The lowest BCUT2D eigenvalue weighted by molar-refractivity contribution is 0.458. The van der Waals surface area contributed by atoms with Crippen molar-refractivity contribution in [2.75, 3.05) is 4.72 Å². The van der Waals surface area contributed by atoms with Gasteiger partial charge in [-0.15, -0.1) is 0 Å². The third kappa shape index (κ3) is 4.48. The normalized spacial score (nSPS) is 15.2. The largest absolute Gasteiger partial charge is 0.436 e. The van der Waals surface area contributed by atoms with Crippen LogP contribution in [0.25, 0.3) is 22.2 Å². The Bertz CT molecular complexity index is 1710. The fourth-order valence-electron chi connectivity index (χ4n) is 4.46. The van der Waals surface area contributed by atoms with Gasteiger partial charge in [0.1, 0.15) is 17.9 Å². The zero-order valence-corrected chi connectivity index (χ0v) is 20.6. The number of aromatic nitrogens is 3. The number of rotatable bonds is 8. The van der Waals surface area contributed by atoms with E-state index in [0.717, 1.165) is 41.5 Å². The van der Waals surface area contributed by atoms with Crippen molar-refractivity contribution in [3.05, 3.63) is 66.1 Å². The van der Waals surface area contributed by atoms with Crippen molar-refractivity contribution in [1.29, 1.82) is 10.5 Å². The van der Waals surface area contributed by atoms with Crippen molar-refractivity contribution in [2.45, 2.75) is 37.5 Å². The van der Waals surface area contributed by atoms with Gasteiger partial charge in [-0.2, -0.15) is 10.5 Å². The Morgan fingerprint density at radius 1 is 1.00 bits per heavy atom. The van der Waals surface area contributed by atoms with Crippen molar-refractivity contribution in [1.82, 2.24) is 14.5 Å². The van der Waals surface area contributed by atoms with Crippen LogP contribution in [0.5, 0.6) is 11.6 Å². The van der Waals surface area contributed by atoms with Crippen LogP contribution in [0.15, 0.2) is 54.9 Å².